The number of alkyl halides is 3. The molecule has 2 N–H and O–H groups in total. The summed E-state index contributed by atoms with van der Waals surface area (Å²) in [5.74, 6) is 5.49. The third-order valence-corrected chi connectivity index (χ3v) is 8.33. The fourth-order valence-corrected chi connectivity index (χ4v) is 5.82. The molecule has 1 aliphatic carbocycles. The first kappa shape index (κ1) is 30.7. The Labute approximate surface area is 243 Å². The first-order chi connectivity index (χ1) is 19.5. The van der Waals surface area contributed by atoms with E-state index >= 15 is 0 Å². The Kier molecular flexibility index (Phi) is 9.82. The van der Waals surface area contributed by atoms with Gasteiger partial charge in [-0.1, -0.05) is 18.9 Å². The smallest absolute Gasteiger partial charge is 0.406 e. The molecule has 3 aromatic rings. The molecule has 41 heavy (non-hydrogen) atoms. The zero-order valence-electron chi connectivity index (χ0n) is 23.9. The van der Waals surface area contributed by atoms with Gasteiger partial charge in [0, 0.05) is 34.5 Å². The number of anilines is 2. The van der Waals surface area contributed by atoms with Gasteiger partial charge in [-0.25, -0.2) is 0 Å². The van der Waals surface area contributed by atoms with Crippen LogP contribution in [0.15, 0.2) is 47.4 Å². The van der Waals surface area contributed by atoms with Crippen molar-refractivity contribution in [3.05, 3.63) is 48.2 Å². The van der Waals surface area contributed by atoms with Gasteiger partial charge < -0.3 is 19.9 Å². The molecule has 6 nitrogen and oxygen atoms in total. The van der Waals surface area contributed by atoms with Crippen LogP contribution in [0.1, 0.15) is 44.7 Å². The summed E-state index contributed by atoms with van der Waals surface area (Å²) in [6.07, 6.45) is 1.73. The van der Waals surface area contributed by atoms with E-state index in [4.69, 9.17) is 0 Å². The lowest BCUT2D eigenvalue weighted by Gasteiger charge is -2.33. The van der Waals surface area contributed by atoms with E-state index in [1.165, 1.54) is 21.2 Å². The highest BCUT2D eigenvalue weighted by atomic mass is 32.2. The summed E-state index contributed by atoms with van der Waals surface area (Å²) in [4.78, 5) is 17.2. The molecule has 0 saturated heterocycles. The molecule has 2 aromatic carbocycles. The average molecular weight is 587 g/mol. The summed E-state index contributed by atoms with van der Waals surface area (Å²) in [5, 5.41) is 14.8. The van der Waals surface area contributed by atoms with Crippen LogP contribution >= 0.6 is 11.8 Å². The van der Waals surface area contributed by atoms with Crippen molar-refractivity contribution in [3.8, 4) is 17.6 Å². The van der Waals surface area contributed by atoms with Gasteiger partial charge in [0.1, 0.15) is 12.3 Å². The van der Waals surface area contributed by atoms with Gasteiger partial charge in [0.15, 0.2) is 0 Å². The lowest BCUT2D eigenvalue weighted by atomic mass is 9.90. The number of carbonyl (C=O) groups excluding carboxylic acids is 1. The number of thioether (sulfide) groups is 1. The number of hydrogen-bond donors (Lipinski definition) is 2. The Morgan fingerprint density at radius 3 is 2.49 bits per heavy atom. The maximum Gasteiger partial charge on any atom is 0.406 e. The van der Waals surface area contributed by atoms with Crippen molar-refractivity contribution in [2.45, 2.75) is 68.7 Å². The number of phenolic OH excluding ortho intramolecular Hbond substituents is 1. The minimum absolute atomic E-state index is 0.0537. The fraction of sp³-hybridized carbons (Fsp3) is 0.452. The molecule has 0 atom stereocenters. The highest BCUT2D eigenvalue weighted by molar-refractivity contribution is 7.98. The van der Waals surface area contributed by atoms with Crippen molar-refractivity contribution in [1.29, 1.82) is 0 Å². The molecule has 1 aliphatic rings. The third-order valence-electron chi connectivity index (χ3n) is 7.60. The van der Waals surface area contributed by atoms with Crippen molar-refractivity contribution >= 4 is 39.9 Å². The number of rotatable bonds is 8. The predicted octanol–water partition coefficient (Wildman–Crippen LogP) is 6.71. The second-order valence-corrected chi connectivity index (χ2v) is 11.5. The molecule has 1 fully saturated rings. The van der Waals surface area contributed by atoms with Crippen LogP contribution in [0.25, 0.3) is 10.9 Å². The van der Waals surface area contributed by atoms with Crippen LogP contribution in [0.3, 0.4) is 0 Å². The summed E-state index contributed by atoms with van der Waals surface area (Å²) in [5.41, 5.74) is 1.77. The second kappa shape index (κ2) is 13.1. The first-order valence-corrected chi connectivity index (χ1v) is 15.0. The highest BCUT2D eigenvalue weighted by Crippen LogP contribution is 2.34. The Hall–Kier alpha value is -3.29. The van der Waals surface area contributed by atoms with Gasteiger partial charge in [-0.05, 0) is 88.4 Å². The lowest BCUT2D eigenvalue weighted by Crippen LogP contribution is -2.36. The van der Waals surface area contributed by atoms with Gasteiger partial charge >= 0.3 is 6.18 Å². The molecule has 10 heteroatoms. The molecule has 0 bridgehead atoms. The number of nitrogens with zero attached hydrogens (tertiary/aromatic N) is 3. The third kappa shape index (κ3) is 7.52. The number of amides is 1. The number of fused-ring (bicyclic) bond motifs is 1. The minimum Gasteiger partial charge on any atom is -0.506 e. The maximum absolute atomic E-state index is 13.7. The fourth-order valence-electron chi connectivity index (χ4n) is 5.39. The molecule has 1 saturated carbocycles. The van der Waals surface area contributed by atoms with Crippen molar-refractivity contribution in [2.24, 2.45) is 0 Å². The summed E-state index contributed by atoms with van der Waals surface area (Å²) in [6.45, 7) is 0.456. The number of hydrogen-bond acceptors (Lipinski definition) is 5. The van der Waals surface area contributed by atoms with Gasteiger partial charge in [-0.2, -0.15) is 13.2 Å². The van der Waals surface area contributed by atoms with E-state index in [2.05, 4.69) is 36.2 Å². The summed E-state index contributed by atoms with van der Waals surface area (Å²) in [7, 11) is 4.18. The van der Waals surface area contributed by atoms with Crippen LogP contribution in [0.5, 0.6) is 5.75 Å². The topological polar surface area (TPSA) is 60.7 Å². The molecule has 0 unspecified atom stereocenters. The zero-order chi connectivity index (χ0) is 29.7. The number of phenols is 1. The molecule has 1 heterocycles. The maximum atomic E-state index is 13.7. The van der Waals surface area contributed by atoms with Crippen molar-refractivity contribution in [2.75, 3.05) is 37.1 Å². The monoisotopic (exact) mass is 586 g/mol. The summed E-state index contributed by atoms with van der Waals surface area (Å²) < 4.78 is 42.2. The highest BCUT2D eigenvalue weighted by Gasteiger charge is 2.30. The van der Waals surface area contributed by atoms with Crippen LogP contribution < -0.4 is 10.2 Å². The van der Waals surface area contributed by atoms with Crippen molar-refractivity contribution in [1.82, 2.24) is 9.47 Å². The Morgan fingerprint density at radius 2 is 1.88 bits per heavy atom. The molecule has 0 radical (unpaired) electrons. The Bertz CT molecular complexity index is 1430. The van der Waals surface area contributed by atoms with Crippen LogP contribution in [0.2, 0.25) is 0 Å². The van der Waals surface area contributed by atoms with E-state index in [0.717, 1.165) is 36.3 Å². The second-order valence-electron chi connectivity index (χ2n) is 10.6. The van der Waals surface area contributed by atoms with Crippen LogP contribution in [0, 0.1) is 11.8 Å². The molecular weight excluding hydrogens is 549 g/mol. The van der Waals surface area contributed by atoms with E-state index in [1.807, 2.05) is 12.3 Å². The molecule has 0 spiro atoms. The predicted molar refractivity (Wildman–Crippen MR) is 161 cm³/mol. The molecular formula is C31H37F3N4O2S. The largest absolute Gasteiger partial charge is 0.506 e. The van der Waals surface area contributed by atoms with Gasteiger partial charge in [0.2, 0.25) is 5.91 Å². The van der Waals surface area contributed by atoms with Gasteiger partial charge in [-0.15, -0.1) is 11.8 Å². The van der Waals surface area contributed by atoms with Gasteiger partial charge in [0.05, 0.1) is 23.4 Å². The normalized spacial score (nSPS) is 17.4. The minimum atomic E-state index is -4.44. The van der Waals surface area contributed by atoms with Crippen molar-refractivity contribution in [3.63, 3.8) is 0 Å². The van der Waals surface area contributed by atoms with Crippen LogP contribution in [-0.2, 0) is 11.3 Å². The molecule has 1 aromatic heterocycles. The number of aromatic nitrogens is 1. The first-order valence-electron chi connectivity index (χ1n) is 13.8. The molecule has 1 amide bonds. The van der Waals surface area contributed by atoms with E-state index in [9.17, 15) is 23.1 Å². The zero-order valence-corrected chi connectivity index (χ0v) is 24.7. The van der Waals surface area contributed by atoms with Gasteiger partial charge in [0.25, 0.3) is 0 Å². The van der Waals surface area contributed by atoms with E-state index in [0.29, 0.717) is 22.6 Å². The number of carbonyl (C=O) groups is 1. The SMILES string of the molecule is CCC(=O)N(CC#Cc1cc2c(NC3CCC(N(C)C)CC3)cccc2n1CC(F)(F)F)c1ccc(SC)cc1O. The number of nitrogens with one attached hydrogen (secondary N) is 1. The van der Waals surface area contributed by atoms with Crippen LogP contribution in [0.4, 0.5) is 24.5 Å². The van der Waals surface area contributed by atoms with Crippen LogP contribution in [-0.4, -0.2) is 65.6 Å². The summed E-state index contributed by atoms with van der Waals surface area (Å²) in [6, 6.07) is 12.9. The Morgan fingerprint density at radius 1 is 1.15 bits per heavy atom. The number of aromatic hydroxyl groups is 1. The van der Waals surface area contributed by atoms with Crippen molar-refractivity contribution < 1.29 is 23.1 Å². The van der Waals surface area contributed by atoms with E-state index in [1.54, 1.807) is 43.3 Å². The lowest BCUT2D eigenvalue weighted by molar-refractivity contribution is -0.140. The quantitative estimate of drug-likeness (QED) is 0.227. The Balaban J connectivity index is 1.65. The number of halogens is 3. The average Bonchev–Trinajstić information content (AvgIpc) is 3.27. The standard InChI is InChI=1S/C31H37F3N4O2S/c1-5-30(40)37(28-16-15-24(41-4)19-29(28)39)17-7-8-23-18-25-26(35-21-11-13-22(14-12-21)36(2)3)9-6-10-27(25)38(23)20-31(32,33)34/h6,9-10,15-16,18-19,21-22,35,39H,5,11-14,17,20H2,1-4H3. The number of benzene rings is 2. The van der Waals surface area contributed by atoms with E-state index in [-0.39, 0.29) is 36.4 Å². The summed E-state index contributed by atoms with van der Waals surface area (Å²) >= 11 is 1.46. The van der Waals surface area contributed by atoms with Gasteiger partial charge in [-0.3, -0.25) is 9.69 Å². The molecule has 4 rings (SSSR count). The molecule has 220 valence electrons. The van der Waals surface area contributed by atoms with E-state index < -0.39 is 12.7 Å². The molecule has 0 aliphatic heterocycles.